The normalized spacial score (nSPS) is 14.3. The first kappa shape index (κ1) is 22.9. The summed E-state index contributed by atoms with van der Waals surface area (Å²) in [7, 11) is 0. The summed E-state index contributed by atoms with van der Waals surface area (Å²) in [4.78, 5) is 31.0. The topological polar surface area (TPSA) is 127 Å². The van der Waals surface area contributed by atoms with Crippen molar-refractivity contribution in [1.29, 1.82) is 0 Å². The lowest BCUT2D eigenvalue weighted by Crippen LogP contribution is -2.38. The molecule has 0 saturated carbocycles. The average molecular weight is 493 g/mol. The highest BCUT2D eigenvalue weighted by atomic mass is 32.1. The summed E-state index contributed by atoms with van der Waals surface area (Å²) in [5, 5.41) is 21.9. The SMILES string of the molecule is O=C(O)c1ccccc1CCC(=O)N1CCC(c2cc(Cn3cc(-c4cncs4)nn3)on2)CC1. The van der Waals surface area contributed by atoms with Gasteiger partial charge in [-0.1, -0.05) is 28.6 Å². The molecule has 5 rings (SSSR count). The Morgan fingerprint density at radius 2 is 2.03 bits per heavy atom. The van der Waals surface area contributed by atoms with Crippen LogP contribution in [-0.2, 0) is 17.8 Å². The van der Waals surface area contributed by atoms with Crippen molar-refractivity contribution in [2.75, 3.05) is 13.1 Å². The molecule has 4 heterocycles. The van der Waals surface area contributed by atoms with Crippen molar-refractivity contribution >= 4 is 23.2 Å². The summed E-state index contributed by atoms with van der Waals surface area (Å²) in [5.41, 5.74) is 4.37. The summed E-state index contributed by atoms with van der Waals surface area (Å²) >= 11 is 1.51. The van der Waals surface area contributed by atoms with Gasteiger partial charge in [-0.15, -0.1) is 16.4 Å². The molecular weight excluding hydrogens is 468 g/mol. The summed E-state index contributed by atoms with van der Waals surface area (Å²) in [6.45, 7) is 1.73. The third-order valence-electron chi connectivity index (χ3n) is 6.24. The van der Waals surface area contributed by atoms with Crippen molar-refractivity contribution in [2.45, 2.75) is 38.1 Å². The van der Waals surface area contributed by atoms with Crippen molar-refractivity contribution in [3.63, 3.8) is 0 Å². The molecule has 180 valence electrons. The second-order valence-corrected chi connectivity index (χ2v) is 9.39. The zero-order valence-corrected chi connectivity index (χ0v) is 19.7. The lowest BCUT2D eigenvalue weighted by molar-refractivity contribution is -0.132. The number of amides is 1. The lowest BCUT2D eigenvalue weighted by Gasteiger charge is -2.31. The van der Waals surface area contributed by atoms with Gasteiger partial charge in [0.25, 0.3) is 0 Å². The van der Waals surface area contributed by atoms with E-state index in [9.17, 15) is 14.7 Å². The van der Waals surface area contributed by atoms with Gasteiger partial charge in [0.15, 0.2) is 5.76 Å². The monoisotopic (exact) mass is 492 g/mol. The summed E-state index contributed by atoms with van der Waals surface area (Å²) in [6.07, 6.45) is 5.95. The van der Waals surface area contributed by atoms with Crippen molar-refractivity contribution in [3.05, 3.63) is 70.8 Å². The van der Waals surface area contributed by atoms with Crippen molar-refractivity contribution in [1.82, 2.24) is 30.0 Å². The van der Waals surface area contributed by atoms with Crippen LogP contribution in [0.15, 0.2) is 52.8 Å². The average Bonchev–Trinajstić information content (AvgIpc) is 3.65. The number of carbonyl (C=O) groups is 2. The Bertz CT molecular complexity index is 1310. The van der Waals surface area contributed by atoms with Crippen LogP contribution in [0, 0.1) is 0 Å². The molecule has 1 aliphatic rings. The van der Waals surface area contributed by atoms with Gasteiger partial charge in [-0.2, -0.15) is 0 Å². The summed E-state index contributed by atoms with van der Waals surface area (Å²) < 4.78 is 7.25. The number of hydrogen-bond donors (Lipinski definition) is 1. The van der Waals surface area contributed by atoms with E-state index in [0.717, 1.165) is 29.1 Å². The van der Waals surface area contributed by atoms with E-state index < -0.39 is 5.97 Å². The molecule has 3 aromatic heterocycles. The minimum Gasteiger partial charge on any atom is -0.478 e. The number of carboxylic acids is 1. The highest BCUT2D eigenvalue weighted by Crippen LogP contribution is 2.28. The number of rotatable bonds is 8. The fraction of sp³-hybridized carbons (Fsp3) is 0.333. The molecule has 4 aromatic rings. The molecule has 0 radical (unpaired) electrons. The highest BCUT2D eigenvalue weighted by Gasteiger charge is 2.26. The van der Waals surface area contributed by atoms with Gasteiger partial charge in [0, 0.05) is 37.7 Å². The van der Waals surface area contributed by atoms with Crippen LogP contribution in [0.3, 0.4) is 0 Å². The molecule has 1 saturated heterocycles. The van der Waals surface area contributed by atoms with Crippen LogP contribution >= 0.6 is 11.3 Å². The second-order valence-electron chi connectivity index (χ2n) is 8.50. The van der Waals surface area contributed by atoms with Crippen molar-refractivity contribution < 1.29 is 19.2 Å². The standard InChI is InChI=1S/C24H24N6O4S/c31-23(6-5-16-3-1-2-4-19(16)24(32)33)29-9-7-17(8-10-29)20-11-18(34-27-20)13-30-14-21(26-28-30)22-12-25-15-35-22/h1-4,11-12,14-15,17H,5-10,13H2,(H,32,33). The number of hydrogen-bond acceptors (Lipinski definition) is 8. The highest BCUT2D eigenvalue weighted by molar-refractivity contribution is 7.13. The lowest BCUT2D eigenvalue weighted by atomic mass is 9.93. The molecule has 1 fully saturated rings. The Hall–Kier alpha value is -3.86. The van der Waals surface area contributed by atoms with Gasteiger partial charge in [0.1, 0.15) is 12.2 Å². The molecule has 35 heavy (non-hydrogen) atoms. The number of carboxylic acid groups (broad SMARTS) is 1. The van der Waals surface area contributed by atoms with Gasteiger partial charge in [-0.3, -0.25) is 9.78 Å². The maximum absolute atomic E-state index is 12.7. The predicted molar refractivity (Wildman–Crippen MR) is 127 cm³/mol. The number of thiazole rings is 1. The van der Waals surface area contributed by atoms with Crippen LogP contribution in [0.1, 0.15) is 52.6 Å². The molecule has 0 atom stereocenters. The number of likely N-dealkylation sites (tertiary alicyclic amines) is 1. The van der Waals surface area contributed by atoms with Gasteiger partial charge < -0.3 is 14.5 Å². The zero-order chi connectivity index (χ0) is 24.2. The fourth-order valence-corrected chi connectivity index (χ4v) is 4.93. The quantitative estimate of drug-likeness (QED) is 0.396. The van der Waals surface area contributed by atoms with Crippen LogP contribution in [-0.4, -0.2) is 60.1 Å². The third kappa shape index (κ3) is 5.29. The van der Waals surface area contributed by atoms with Crippen molar-refractivity contribution in [3.8, 4) is 10.6 Å². The van der Waals surface area contributed by atoms with Crippen molar-refractivity contribution in [2.24, 2.45) is 0 Å². The van der Waals surface area contributed by atoms with E-state index in [2.05, 4.69) is 20.5 Å². The van der Waals surface area contributed by atoms with Crippen LogP contribution < -0.4 is 0 Å². The molecule has 0 aliphatic carbocycles. The molecule has 1 N–H and O–H groups in total. The minimum absolute atomic E-state index is 0.0485. The van der Waals surface area contributed by atoms with Gasteiger partial charge in [-0.05, 0) is 30.9 Å². The van der Waals surface area contributed by atoms with Crippen LogP contribution in [0.4, 0.5) is 0 Å². The Kier molecular flexibility index (Phi) is 6.66. The molecule has 1 aromatic carbocycles. The number of carbonyl (C=O) groups excluding carboxylic acids is 1. The zero-order valence-electron chi connectivity index (χ0n) is 18.9. The molecule has 0 unspecified atom stereocenters. The van der Waals surface area contributed by atoms with Gasteiger partial charge in [-0.25, -0.2) is 9.48 Å². The van der Waals surface area contributed by atoms with E-state index >= 15 is 0 Å². The number of benzene rings is 1. The largest absolute Gasteiger partial charge is 0.478 e. The van der Waals surface area contributed by atoms with E-state index in [1.54, 1.807) is 40.7 Å². The third-order valence-corrected chi connectivity index (χ3v) is 7.04. The molecule has 1 aliphatic heterocycles. The maximum Gasteiger partial charge on any atom is 0.335 e. The molecule has 0 bridgehead atoms. The van der Waals surface area contributed by atoms with Crippen LogP contribution in [0.5, 0.6) is 0 Å². The van der Waals surface area contributed by atoms with Gasteiger partial charge in [0.2, 0.25) is 5.91 Å². The van der Waals surface area contributed by atoms with Gasteiger partial charge in [0.05, 0.1) is 27.8 Å². The van der Waals surface area contributed by atoms with Crippen LogP contribution in [0.25, 0.3) is 10.6 Å². The van der Waals surface area contributed by atoms with E-state index in [0.29, 0.717) is 43.8 Å². The maximum atomic E-state index is 12.7. The molecular formula is C24H24N6O4S. The second kappa shape index (κ2) is 10.2. The molecule has 1 amide bonds. The van der Waals surface area contributed by atoms with E-state index in [1.165, 1.54) is 11.3 Å². The molecule has 0 spiro atoms. The van der Waals surface area contributed by atoms with Gasteiger partial charge >= 0.3 is 5.97 Å². The van der Waals surface area contributed by atoms with E-state index in [-0.39, 0.29) is 17.4 Å². The number of nitrogens with zero attached hydrogens (tertiary/aromatic N) is 6. The number of aromatic nitrogens is 5. The first-order chi connectivity index (χ1) is 17.1. The Balaban J connectivity index is 1.12. The Labute approximate surface area is 205 Å². The first-order valence-corrected chi connectivity index (χ1v) is 12.3. The summed E-state index contributed by atoms with van der Waals surface area (Å²) in [6, 6.07) is 8.79. The van der Waals surface area contributed by atoms with E-state index in [4.69, 9.17) is 4.52 Å². The first-order valence-electron chi connectivity index (χ1n) is 11.4. The molecule has 11 heteroatoms. The minimum atomic E-state index is -0.968. The molecule has 10 nitrogen and oxygen atoms in total. The van der Waals surface area contributed by atoms with Crippen LogP contribution in [0.2, 0.25) is 0 Å². The van der Waals surface area contributed by atoms with E-state index in [1.807, 2.05) is 17.2 Å². The summed E-state index contributed by atoms with van der Waals surface area (Å²) in [5.74, 6) is 0.0152. The Morgan fingerprint density at radius 1 is 1.20 bits per heavy atom. The predicted octanol–water partition coefficient (Wildman–Crippen LogP) is 3.47. The number of aryl methyl sites for hydroxylation is 1. The number of piperidine rings is 1. The Morgan fingerprint density at radius 3 is 2.80 bits per heavy atom. The fourth-order valence-electron chi connectivity index (χ4n) is 4.36. The smallest absolute Gasteiger partial charge is 0.335 e. The number of aromatic carboxylic acids is 1.